The van der Waals surface area contributed by atoms with Gasteiger partial charge in [0, 0.05) is 32.4 Å². The van der Waals surface area contributed by atoms with Gasteiger partial charge in [-0.1, -0.05) is 0 Å². The molecule has 126 valence electrons. The topological polar surface area (TPSA) is 83.5 Å². The summed E-state index contributed by atoms with van der Waals surface area (Å²) >= 11 is 0. The Hall–Kier alpha value is -2.74. The number of nitrogens with one attached hydrogen (secondary N) is 1. The molecule has 8 heteroatoms. The third-order valence-corrected chi connectivity index (χ3v) is 3.86. The largest absolute Gasteiger partial charge is 0.495 e. The summed E-state index contributed by atoms with van der Waals surface area (Å²) in [5, 5.41) is 10.3. The van der Waals surface area contributed by atoms with Gasteiger partial charge < -0.3 is 15.0 Å². The van der Waals surface area contributed by atoms with E-state index >= 15 is 0 Å². The van der Waals surface area contributed by atoms with Gasteiger partial charge in [-0.15, -0.1) is 5.10 Å². The Labute approximate surface area is 140 Å². The van der Waals surface area contributed by atoms with Crippen LogP contribution in [0.15, 0.2) is 36.7 Å². The minimum atomic E-state index is -0.0773. The molecule has 2 aromatic heterocycles. The Kier molecular flexibility index (Phi) is 5.17. The Morgan fingerprint density at radius 2 is 2.08 bits per heavy atom. The first-order valence-corrected chi connectivity index (χ1v) is 7.79. The lowest BCUT2D eigenvalue weighted by atomic mass is 10.3. The van der Waals surface area contributed by atoms with E-state index in [1.165, 1.54) is 0 Å². The smallest absolute Gasteiger partial charge is 0.239 e. The SMILES string of the molecule is COc1ccc(N2CCN(CC(=O)Nc3cccnn3)CC2)nc1. The lowest BCUT2D eigenvalue weighted by Crippen LogP contribution is -2.48. The van der Waals surface area contributed by atoms with Crippen LogP contribution in [0.25, 0.3) is 0 Å². The maximum atomic E-state index is 12.0. The van der Waals surface area contributed by atoms with Gasteiger partial charge in [-0.3, -0.25) is 9.69 Å². The number of hydrogen-bond acceptors (Lipinski definition) is 7. The van der Waals surface area contributed by atoms with Crippen LogP contribution in [-0.2, 0) is 4.79 Å². The molecule has 0 bridgehead atoms. The molecule has 0 radical (unpaired) electrons. The van der Waals surface area contributed by atoms with Crippen LogP contribution in [0.4, 0.5) is 11.6 Å². The van der Waals surface area contributed by atoms with Crippen molar-refractivity contribution < 1.29 is 9.53 Å². The van der Waals surface area contributed by atoms with Gasteiger partial charge in [-0.2, -0.15) is 5.10 Å². The van der Waals surface area contributed by atoms with Crippen molar-refractivity contribution in [1.82, 2.24) is 20.1 Å². The monoisotopic (exact) mass is 328 g/mol. The highest BCUT2D eigenvalue weighted by Crippen LogP contribution is 2.17. The standard InChI is InChI=1S/C16H20N6O2/c1-24-13-4-5-15(17-11-13)22-9-7-21(8-10-22)12-16(23)19-14-3-2-6-18-20-14/h2-6,11H,7-10,12H2,1H3,(H,19,20,23). The van der Waals surface area contributed by atoms with Gasteiger partial charge in [-0.25, -0.2) is 4.98 Å². The van der Waals surface area contributed by atoms with Crippen molar-refractivity contribution in [2.75, 3.05) is 50.1 Å². The number of piperazine rings is 1. The molecule has 1 fully saturated rings. The number of pyridine rings is 1. The molecule has 3 heterocycles. The van der Waals surface area contributed by atoms with E-state index in [2.05, 4.69) is 30.3 Å². The highest BCUT2D eigenvalue weighted by Gasteiger charge is 2.20. The first-order valence-electron chi connectivity index (χ1n) is 7.79. The molecule has 24 heavy (non-hydrogen) atoms. The van der Waals surface area contributed by atoms with Crippen molar-refractivity contribution in [3.8, 4) is 5.75 Å². The van der Waals surface area contributed by atoms with Gasteiger partial charge >= 0.3 is 0 Å². The molecule has 1 aliphatic rings. The van der Waals surface area contributed by atoms with E-state index < -0.39 is 0 Å². The van der Waals surface area contributed by atoms with E-state index in [4.69, 9.17) is 4.74 Å². The average molecular weight is 328 g/mol. The first kappa shape index (κ1) is 16.1. The third-order valence-electron chi connectivity index (χ3n) is 3.86. The number of aromatic nitrogens is 3. The van der Waals surface area contributed by atoms with E-state index in [1.807, 2.05) is 12.1 Å². The van der Waals surface area contributed by atoms with Crippen LogP contribution >= 0.6 is 0 Å². The molecule has 0 spiro atoms. The van der Waals surface area contributed by atoms with Crippen molar-refractivity contribution >= 4 is 17.5 Å². The summed E-state index contributed by atoms with van der Waals surface area (Å²) < 4.78 is 5.12. The van der Waals surface area contributed by atoms with Crippen LogP contribution in [0.1, 0.15) is 0 Å². The number of carbonyl (C=O) groups is 1. The lowest BCUT2D eigenvalue weighted by Gasteiger charge is -2.34. The zero-order valence-electron chi connectivity index (χ0n) is 13.6. The predicted octanol–water partition coefficient (Wildman–Crippen LogP) is 0.641. The molecule has 0 aromatic carbocycles. The van der Waals surface area contributed by atoms with Gasteiger partial charge in [0.15, 0.2) is 5.82 Å². The molecular weight excluding hydrogens is 308 g/mol. The molecule has 1 aliphatic heterocycles. The summed E-state index contributed by atoms with van der Waals surface area (Å²) in [6.07, 6.45) is 3.29. The molecule has 1 saturated heterocycles. The first-order chi connectivity index (χ1) is 11.7. The van der Waals surface area contributed by atoms with Gasteiger partial charge in [0.25, 0.3) is 0 Å². The Bertz CT molecular complexity index is 656. The molecule has 0 aliphatic carbocycles. The molecule has 1 N–H and O–H groups in total. The van der Waals surface area contributed by atoms with E-state index in [1.54, 1.807) is 31.6 Å². The molecular formula is C16H20N6O2. The van der Waals surface area contributed by atoms with E-state index in [0.29, 0.717) is 12.4 Å². The highest BCUT2D eigenvalue weighted by atomic mass is 16.5. The molecule has 0 unspecified atom stereocenters. The van der Waals surface area contributed by atoms with E-state index in [-0.39, 0.29) is 5.91 Å². The van der Waals surface area contributed by atoms with Crippen LogP contribution < -0.4 is 15.0 Å². The number of amides is 1. The number of ether oxygens (including phenoxy) is 1. The van der Waals surface area contributed by atoms with Crippen molar-refractivity contribution in [3.05, 3.63) is 36.7 Å². The summed E-state index contributed by atoms with van der Waals surface area (Å²) in [7, 11) is 1.63. The molecule has 3 rings (SSSR count). The molecule has 1 amide bonds. The van der Waals surface area contributed by atoms with Crippen molar-refractivity contribution in [2.45, 2.75) is 0 Å². The van der Waals surface area contributed by atoms with Gasteiger partial charge in [0.2, 0.25) is 5.91 Å². The van der Waals surface area contributed by atoms with Crippen molar-refractivity contribution in [3.63, 3.8) is 0 Å². The van der Waals surface area contributed by atoms with Crippen molar-refractivity contribution in [2.24, 2.45) is 0 Å². The number of rotatable bonds is 5. The summed E-state index contributed by atoms with van der Waals surface area (Å²) in [4.78, 5) is 20.8. The van der Waals surface area contributed by atoms with Gasteiger partial charge in [0.05, 0.1) is 19.9 Å². The van der Waals surface area contributed by atoms with Crippen LogP contribution in [0, 0.1) is 0 Å². The molecule has 0 atom stereocenters. The summed E-state index contributed by atoms with van der Waals surface area (Å²) in [6, 6.07) is 7.32. The Balaban J connectivity index is 1.47. The second kappa shape index (κ2) is 7.69. The Morgan fingerprint density at radius 3 is 2.71 bits per heavy atom. The molecule has 2 aromatic rings. The fourth-order valence-corrected chi connectivity index (χ4v) is 2.57. The lowest BCUT2D eigenvalue weighted by molar-refractivity contribution is -0.117. The van der Waals surface area contributed by atoms with Crippen LogP contribution in [-0.4, -0.2) is 65.8 Å². The predicted molar refractivity (Wildman–Crippen MR) is 90.1 cm³/mol. The zero-order chi connectivity index (χ0) is 16.8. The quantitative estimate of drug-likeness (QED) is 0.862. The second-order valence-corrected chi connectivity index (χ2v) is 5.48. The number of carbonyl (C=O) groups excluding carboxylic acids is 1. The van der Waals surface area contributed by atoms with Gasteiger partial charge in [0.1, 0.15) is 11.6 Å². The zero-order valence-corrected chi connectivity index (χ0v) is 13.6. The minimum absolute atomic E-state index is 0.0773. The Morgan fingerprint density at radius 1 is 1.25 bits per heavy atom. The third kappa shape index (κ3) is 4.17. The number of hydrogen-bond donors (Lipinski definition) is 1. The van der Waals surface area contributed by atoms with Crippen LogP contribution in [0.3, 0.4) is 0 Å². The fraction of sp³-hybridized carbons (Fsp3) is 0.375. The maximum Gasteiger partial charge on any atom is 0.239 e. The van der Waals surface area contributed by atoms with Gasteiger partial charge in [-0.05, 0) is 24.3 Å². The van der Waals surface area contributed by atoms with E-state index in [0.717, 1.165) is 37.7 Å². The summed E-state index contributed by atoms with van der Waals surface area (Å²) in [5.74, 6) is 2.08. The second-order valence-electron chi connectivity index (χ2n) is 5.48. The number of anilines is 2. The van der Waals surface area contributed by atoms with Crippen LogP contribution in [0.2, 0.25) is 0 Å². The van der Waals surface area contributed by atoms with Crippen molar-refractivity contribution in [1.29, 1.82) is 0 Å². The fourth-order valence-electron chi connectivity index (χ4n) is 2.57. The molecule has 0 saturated carbocycles. The maximum absolute atomic E-state index is 12.0. The average Bonchev–Trinajstić information content (AvgIpc) is 2.63. The summed E-state index contributed by atoms with van der Waals surface area (Å²) in [6.45, 7) is 3.62. The molecule has 8 nitrogen and oxygen atoms in total. The van der Waals surface area contributed by atoms with E-state index in [9.17, 15) is 4.79 Å². The number of nitrogens with zero attached hydrogens (tertiary/aromatic N) is 5. The normalized spacial score (nSPS) is 15.1. The highest BCUT2D eigenvalue weighted by molar-refractivity contribution is 5.91. The summed E-state index contributed by atoms with van der Waals surface area (Å²) in [5.41, 5.74) is 0. The minimum Gasteiger partial charge on any atom is -0.495 e. The number of methoxy groups -OCH3 is 1. The van der Waals surface area contributed by atoms with Crippen LogP contribution in [0.5, 0.6) is 5.75 Å².